The summed E-state index contributed by atoms with van der Waals surface area (Å²) in [5.41, 5.74) is 7.42. The second-order valence-corrected chi connectivity index (χ2v) is 6.72. The maximum absolute atomic E-state index is 14.3. The molecule has 0 saturated carbocycles. The monoisotopic (exact) mass is 322 g/mol. The van der Waals surface area contributed by atoms with E-state index in [1.54, 1.807) is 6.07 Å². The Morgan fingerprint density at radius 3 is 2.64 bits per heavy atom. The lowest BCUT2D eigenvalue weighted by atomic mass is 10.0. The largest absolute Gasteiger partial charge is 0.488 e. The number of para-hydroxylation sites is 1. The van der Waals surface area contributed by atoms with Gasteiger partial charge in [0.2, 0.25) is 10.0 Å². The Morgan fingerprint density at radius 2 is 2.00 bits per heavy atom. The Bertz CT molecular complexity index is 837. The molecule has 1 heterocycles. The van der Waals surface area contributed by atoms with Crippen LogP contribution in [0, 0.1) is 5.82 Å². The van der Waals surface area contributed by atoms with Crippen LogP contribution in [0.15, 0.2) is 41.3 Å². The molecule has 0 amide bonds. The third-order valence-corrected chi connectivity index (χ3v) is 4.56. The summed E-state index contributed by atoms with van der Waals surface area (Å²) in [4.78, 5) is -0.262. The molecular formula is C15H15FN2O3S. The number of rotatable bonds is 3. The first-order chi connectivity index (χ1) is 10.4. The summed E-state index contributed by atoms with van der Waals surface area (Å²) in [5.74, 6) is -0.0695. The quantitative estimate of drug-likeness (QED) is 0.893. The first kappa shape index (κ1) is 15.0. The van der Waals surface area contributed by atoms with Crippen molar-refractivity contribution in [1.82, 2.24) is 0 Å². The molecule has 5 nitrogen and oxygen atoms in total. The van der Waals surface area contributed by atoms with Crippen LogP contribution in [0.2, 0.25) is 0 Å². The topological polar surface area (TPSA) is 95.4 Å². The number of fused-ring (bicyclic) bond motifs is 1. The minimum atomic E-state index is -3.94. The maximum atomic E-state index is 14.3. The van der Waals surface area contributed by atoms with Crippen molar-refractivity contribution in [2.24, 2.45) is 10.9 Å². The van der Waals surface area contributed by atoms with Gasteiger partial charge in [0, 0.05) is 24.1 Å². The molecule has 0 fully saturated rings. The molecule has 7 heteroatoms. The zero-order valence-corrected chi connectivity index (χ0v) is 12.4. The molecule has 0 spiro atoms. The highest BCUT2D eigenvalue weighted by atomic mass is 32.2. The smallest absolute Gasteiger partial charge is 0.238 e. The van der Waals surface area contributed by atoms with Gasteiger partial charge in [0.25, 0.3) is 0 Å². The molecule has 0 unspecified atom stereocenters. The van der Waals surface area contributed by atoms with Gasteiger partial charge in [-0.3, -0.25) is 0 Å². The van der Waals surface area contributed by atoms with E-state index < -0.39 is 15.8 Å². The first-order valence-corrected chi connectivity index (χ1v) is 8.26. The van der Waals surface area contributed by atoms with Gasteiger partial charge in [-0.05, 0) is 23.8 Å². The Labute approximate surface area is 127 Å². The fourth-order valence-corrected chi connectivity index (χ4v) is 3.10. The van der Waals surface area contributed by atoms with Gasteiger partial charge in [0.05, 0.1) is 4.90 Å². The van der Waals surface area contributed by atoms with E-state index in [0.29, 0.717) is 24.3 Å². The lowest BCUT2D eigenvalue weighted by Gasteiger charge is -2.12. The van der Waals surface area contributed by atoms with Crippen LogP contribution in [0.5, 0.6) is 5.75 Å². The number of hydrogen-bond donors (Lipinski definition) is 2. The van der Waals surface area contributed by atoms with Gasteiger partial charge in [-0.1, -0.05) is 18.2 Å². The van der Waals surface area contributed by atoms with Gasteiger partial charge in [-0.15, -0.1) is 0 Å². The number of halogens is 1. The average Bonchev–Trinajstić information content (AvgIpc) is 2.89. The summed E-state index contributed by atoms with van der Waals surface area (Å²) in [7, 11) is -3.94. The number of sulfonamides is 1. The van der Waals surface area contributed by atoms with Crippen LogP contribution >= 0.6 is 0 Å². The van der Waals surface area contributed by atoms with E-state index in [0.717, 1.165) is 11.6 Å². The van der Waals surface area contributed by atoms with Crippen molar-refractivity contribution < 1.29 is 17.5 Å². The Kier molecular flexibility index (Phi) is 3.64. The fourth-order valence-electron chi connectivity index (χ4n) is 2.57. The summed E-state index contributed by atoms with van der Waals surface area (Å²) in [6, 6.07) is 9.03. The molecule has 4 N–H and O–H groups in total. The second-order valence-electron chi connectivity index (χ2n) is 5.16. The molecule has 0 aliphatic carbocycles. The van der Waals surface area contributed by atoms with Gasteiger partial charge < -0.3 is 10.5 Å². The number of benzene rings is 2. The standard InChI is InChI=1S/C15H15FN2O3S/c16-14-7-11(22(18,19)20)4-5-12(14)13-3-1-2-9-6-10(8-17)21-15(9)13/h1-5,7,10H,6,8,17H2,(H2,18,19,20)/t10-/m0/s1. The van der Waals surface area contributed by atoms with Crippen molar-refractivity contribution in [1.29, 1.82) is 0 Å². The summed E-state index contributed by atoms with van der Waals surface area (Å²) in [6.07, 6.45) is 0.555. The lowest BCUT2D eigenvalue weighted by molar-refractivity contribution is 0.242. The van der Waals surface area contributed by atoms with E-state index in [4.69, 9.17) is 15.6 Å². The molecule has 0 saturated heterocycles. The third kappa shape index (κ3) is 2.58. The molecule has 2 aromatic carbocycles. The van der Waals surface area contributed by atoms with E-state index in [9.17, 15) is 12.8 Å². The van der Waals surface area contributed by atoms with E-state index >= 15 is 0 Å². The molecule has 1 atom stereocenters. The molecule has 22 heavy (non-hydrogen) atoms. The SMILES string of the molecule is NC[C@@H]1Cc2cccc(-c3ccc(S(N)(=O)=O)cc3F)c2O1. The van der Waals surface area contributed by atoms with Gasteiger partial charge in [-0.25, -0.2) is 17.9 Å². The number of nitrogens with two attached hydrogens (primary N) is 2. The second kappa shape index (κ2) is 5.35. The van der Waals surface area contributed by atoms with Crippen molar-refractivity contribution >= 4 is 10.0 Å². The normalized spacial score (nSPS) is 17.1. The van der Waals surface area contributed by atoms with Crippen LogP contribution in [0.25, 0.3) is 11.1 Å². The van der Waals surface area contributed by atoms with Crippen LogP contribution < -0.4 is 15.6 Å². The van der Waals surface area contributed by atoms with Crippen LogP contribution in [0.4, 0.5) is 4.39 Å². The van der Waals surface area contributed by atoms with Crippen molar-refractivity contribution in [2.45, 2.75) is 17.4 Å². The molecule has 1 aliphatic rings. The molecule has 116 valence electrons. The number of ether oxygens (including phenoxy) is 1. The molecule has 3 rings (SSSR count). The third-order valence-electron chi connectivity index (χ3n) is 3.65. The lowest BCUT2D eigenvalue weighted by Crippen LogP contribution is -2.24. The van der Waals surface area contributed by atoms with Gasteiger partial charge in [0.1, 0.15) is 17.7 Å². The average molecular weight is 322 g/mol. The van der Waals surface area contributed by atoms with E-state index in [1.807, 2.05) is 12.1 Å². The van der Waals surface area contributed by atoms with Crippen molar-refractivity contribution in [2.75, 3.05) is 6.54 Å². The van der Waals surface area contributed by atoms with Crippen LogP contribution in [0.3, 0.4) is 0 Å². The minimum absolute atomic E-state index is 0.122. The summed E-state index contributed by atoms with van der Waals surface area (Å²) < 4.78 is 42.6. The van der Waals surface area contributed by atoms with Gasteiger partial charge in [0.15, 0.2) is 0 Å². The highest BCUT2D eigenvalue weighted by Crippen LogP contribution is 2.39. The Morgan fingerprint density at radius 1 is 1.23 bits per heavy atom. The zero-order valence-electron chi connectivity index (χ0n) is 11.6. The molecule has 0 bridgehead atoms. The predicted octanol–water partition coefficient (Wildman–Crippen LogP) is 1.40. The van der Waals surface area contributed by atoms with Crippen LogP contribution in [-0.4, -0.2) is 21.1 Å². The minimum Gasteiger partial charge on any atom is -0.488 e. The molecule has 0 radical (unpaired) electrons. The van der Waals surface area contributed by atoms with Crippen molar-refractivity contribution in [3.63, 3.8) is 0 Å². The van der Waals surface area contributed by atoms with Crippen LogP contribution in [0.1, 0.15) is 5.56 Å². The van der Waals surface area contributed by atoms with Crippen molar-refractivity contribution in [3.8, 4) is 16.9 Å². The maximum Gasteiger partial charge on any atom is 0.238 e. The van der Waals surface area contributed by atoms with Crippen LogP contribution in [-0.2, 0) is 16.4 Å². The fraction of sp³-hybridized carbons (Fsp3) is 0.200. The van der Waals surface area contributed by atoms with Crippen molar-refractivity contribution in [3.05, 3.63) is 47.8 Å². The highest BCUT2D eigenvalue weighted by molar-refractivity contribution is 7.89. The van der Waals surface area contributed by atoms with Gasteiger partial charge >= 0.3 is 0 Å². The van der Waals surface area contributed by atoms with E-state index in [-0.39, 0.29) is 16.6 Å². The summed E-state index contributed by atoms with van der Waals surface area (Å²) in [5, 5.41) is 5.01. The van der Waals surface area contributed by atoms with Gasteiger partial charge in [-0.2, -0.15) is 0 Å². The Hall–Kier alpha value is -1.96. The summed E-state index contributed by atoms with van der Waals surface area (Å²) >= 11 is 0. The number of primary sulfonamides is 1. The first-order valence-electron chi connectivity index (χ1n) is 6.71. The van der Waals surface area contributed by atoms with E-state index in [2.05, 4.69) is 0 Å². The summed E-state index contributed by atoms with van der Waals surface area (Å²) in [6.45, 7) is 0.376. The zero-order chi connectivity index (χ0) is 15.9. The molecule has 1 aliphatic heterocycles. The highest BCUT2D eigenvalue weighted by Gasteiger charge is 2.25. The van der Waals surface area contributed by atoms with E-state index in [1.165, 1.54) is 12.1 Å². The molecule has 0 aromatic heterocycles. The molecular weight excluding hydrogens is 307 g/mol. The number of hydrogen-bond acceptors (Lipinski definition) is 4. The predicted molar refractivity (Wildman–Crippen MR) is 80.4 cm³/mol. The molecule has 2 aromatic rings. The Balaban J connectivity index is 2.09.